The van der Waals surface area contributed by atoms with Crippen molar-refractivity contribution >= 4 is 11.9 Å². The standard InChI is InChI=1S/C11H22N2O4/c1-3-11(4-2,7-14)6-13-10(17)8(12)5-9(15)16/h8,14H,3-7,12H2,1-2H3,(H,13,17)(H,15,16). The second-order valence-corrected chi connectivity index (χ2v) is 4.29. The fraction of sp³-hybridized carbons (Fsp3) is 0.818. The molecule has 0 heterocycles. The van der Waals surface area contributed by atoms with E-state index in [4.69, 9.17) is 10.8 Å². The van der Waals surface area contributed by atoms with Gasteiger partial charge in [0.1, 0.15) is 0 Å². The molecule has 17 heavy (non-hydrogen) atoms. The van der Waals surface area contributed by atoms with Gasteiger partial charge in [-0.1, -0.05) is 13.8 Å². The van der Waals surface area contributed by atoms with Gasteiger partial charge in [0.25, 0.3) is 0 Å². The van der Waals surface area contributed by atoms with E-state index in [-0.39, 0.29) is 12.0 Å². The zero-order chi connectivity index (χ0) is 13.5. The number of nitrogens with one attached hydrogen (secondary N) is 1. The van der Waals surface area contributed by atoms with E-state index in [0.29, 0.717) is 6.54 Å². The maximum atomic E-state index is 11.5. The molecule has 0 aromatic heterocycles. The van der Waals surface area contributed by atoms with Crippen molar-refractivity contribution in [2.75, 3.05) is 13.2 Å². The van der Waals surface area contributed by atoms with Gasteiger partial charge in [0.2, 0.25) is 5.91 Å². The van der Waals surface area contributed by atoms with Crippen molar-refractivity contribution in [2.24, 2.45) is 11.1 Å². The number of hydrogen-bond acceptors (Lipinski definition) is 4. The lowest BCUT2D eigenvalue weighted by Gasteiger charge is -2.29. The molecule has 5 N–H and O–H groups in total. The third kappa shape index (κ3) is 5.14. The maximum absolute atomic E-state index is 11.5. The average molecular weight is 246 g/mol. The van der Waals surface area contributed by atoms with Crippen LogP contribution in [0.15, 0.2) is 0 Å². The van der Waals surface area contributed by atoms with Crippen molar-refractivity contribution in [1.29, 1.82) is 0 Å². The van der Waals surface area contributed by atoms with Crippen LogP contribution in [0.5, 0.6) is 0 Å². The number of rotatable bonds is 8. The number of carbonyl (C=O) groups excluding carboxylic acids is 1. The summed E-state index contributed by atoms with van der Waals surface area (Å²) in [6.45, 7) is 4.16. The summed E-state index contributed by atoms with van der Waals surface area (Å²) in [4.78, 5) is 21.9. The summed E-state index contributed by atoms with van der Waals surface area (Å²) in [7, 11) is 0. The van der Waals surface area contributed by atoms with Crippen molar-refractivity contribution in [1.82, 2.24) is 5.32 Å². The largest absolute Gasteiger partial charge is 0.481 e. The minimum atomic E-state index is -1.10. The van der Waals surface area contributed by atoms with Crippen molar-refractivity contribution in [3.63, 3.8) is 0 Å². The second-order valence-electron chi connectivity index (χ2n) is 4.29. The first-order valence-electron chi connectivity index (χ1n) is 5.76. The lowest BCUT2D eigenvalue weighted by atomic mass is 9.83. The molecular weight excluding hydrogens is 224 g/mol. The third-order valence-corrected chi connectivity index (χ3v) is 3.20. The Morgan fingerprint density at radius 3 is 2.24 bits per heavy atom. The summed E-state index contributed by atoms with van der Waals surface area (Å²) in [6, 6.07) is -1.04. The number of carbonyl (C=O) groups is 2. The van der Waals surface area contributed by atoms with E-state index >= 15 is 0 Å². The van der Waals surface area contributed by atoms with Gasteiger partial charge in [-0.3, -0.25) is 9.59 Å². The van der Waals surface area contributed by atoms with Gasteiger partial charge in [-0.2, -0.15) is 0 Å². The Morgan fingerprint density at radius 2 is 1.88 bits per heavy atom. The van der Waals surface area contributed by atoms with Gasteiger partial charge in [0.05, 0.1) is 19.1 Å². The zero-order valence-electron chi connectivity index (χ0n) is 10.4. The molecule has 6 heteroatoms. The van der Waals surface area contributed by atoms with Gasteiger partial charge in [0, 0.05) is 12.0 Å². The first kappa shape index (κ1) is 15.9. The fourth-order valence-corrected chi connectivity index (χ4v) is 1.47. The van der Waals surface area contributed by atoms with Gasteiger partial charge in [-0.15, -0.1) is 0 Å². The minimum absolute atomic E-state index is 0.0194. The molecule has 0 fully saturated rings. The van der Waals surface area contributed by atoms with Gasteiger partial charge < -0.3 is 21.3 Å². The minimum Gasteiger partial charge on any atom is -0.481 e. The van der Waals surface area contributed by atoms with Crippen LogP contribution in [0.25, 0.3) is 0 Å². The van der Waals surface area contributed by atoms with Crippen LogP contribution >= 0.6 is 0 Å². The number of aliphatic carboxylic acids is 1. The third-order valence-electron chi connectivity index (χ3n) is 3.20. The first-order chi connectivity index (χ1) is 7.90. The highest BCUT2D eigenvalue weighted by atomic mass is 16.4. The Labute approximate surface area is 101 Å². The van der Waals surface area contributed by atoms with Crippen LogP contribution in [0.4, 0.5) is 0 Å². The summed E-state index contributed by atoms with van der Waals surface area (Å²) in [6.07, 6.45) is 1.07. The molecule has 100 valence electrons. The van der Waals surface area contributed by atoms with Crippen LogP contribution in [0.2, 0.25) is 0 Å². The number of hydrogen-bond donors (Lipinski definition) is 4. The molecule has 0 aliphatic heterocycles. The van der Waals surface area contributed by atoms with E-state index in [2.05, 4.69) is 5.32 Å². The summed E-state index contributed by atoms with van der Waals surface area (Å²) in [5.41, 5.74) is 5.07. The topological polar surface area (TPSA) is 113 Å². The maximum Gasteiger partial charge on any atom is 0.305 e. The molecule has 0 aromatic carbocycles. The summed E-state index contributed by atoms with van der Waals surface area (Å²) in [5, 5.41) is 20.4. The Hall–Kier alpha value is -1.14. The number of carboxylic acids is 1. The Bertz CT molecular complexity index is 256. The van der Waals surface area contributed by atoms with Crippen LogP contribution in [-0.2, 0) is 9.59 Å². The van der Waals surface area contributed by atoms with Crippen LogP contribution < -0.4 is 11.1 Å². The Balaban J connectivity index is 4.26. The molecule has 1 atom stereocenters. The van der Waals surface area contributed by atoms with Gasteiger partial charge in [-0.25, -0.2) is 0 Å². The summed E-state index contributed by atoms with van der Waals surface area (Å²) >= 11 is 0. The van der Waals surface area contributed by atoms with Crippen molar-refractivity contribution in [3.05, 3.63) is 0 Å². The van der Waals surface area contributed by atoms with Crippen molar-refractivity contribution in [3.8, 4) is 0 Å². The molecule has 0 aromatic rings. The van der Waals surface area contributed by atoms with E-state index < -0.39 is 24.3 Å². The Kier molecular flexibility index (Phi) is 6.75. The molecule has 0 rings (SSSR count). The molecule has 0 bridgehead atoms. The SMILES string of the molecule is CCC(CC)(CO)CNC(=O)C(N)CC(=O)O. The molecule has 0 aliphatic carbocycles. The van der Waals surface area contributed by atoms with E-state index in [1.807, 2.05) is 13.8 Å². The number of carboxylic acid groups (broad SMARTS) is 1. The monoisotopic (exact) mass is 246 g/mol. The smallest absolute Gasteiger partial charge is 0.305 e. The van der Waals surface area contributed by atoms with Crippen LogP contribution in [0.3, 0.4) is 0 Å². The zero-order valence-corrected chi connectivity index (χ0v) is 10.4. The number of aliphatic hydroxyl groups excluding tert-OH is 1. The second kappa shape index (κ2) is 7.24. The van der Waals surface area contributed by atoms with E-state index in [1.165, 1.54) is 0 Å². The van der Waals surface area contributed by atoms with Crippen LogP contribution in [0.1, 0.15) is 33.1 Å². The van der Waals surface area contributed by atoms with Crippen LogP contribution in [-0.4, -0.2) is 41.3 Å². The first-order valence-corrected chi connectivity index (χ1v) is 5.76. The normalized spacial score (nSPS) is 13.2. The quantitative estimate of drug-likeness (QED) is 0.470. The Morgan fingerprint density at radius 1 is 1.35 bits per heavy atom. The van der Waals surface area contributed by atoms with Crippen molar-refractivity contribution < 1.29 is 19.8 Å². The lowest BCUT2D eigenvalue weighted by Crippen LogP contribution is -2.47. The molecular formula is C11H22N2O4. The molecule has 6 nitrogen and oxygen atoms in total. The number of aliphatic hydroxyl groups is 1. The average Bonchev–Trinajstić information content (AvgIpc) is 2.30. The van der Waals surface area contributed by atoms with Crippen molar-refractivity contribution in [2.45, 2.75) is 39.2 Å². The highest BCUT2D eigenvalue weighted by Gasteiger charge is 2.27. The van der Waals surface area contributed by atoms with Gasteiger partial charge in [0.15, 0.2) is 0 Å². The predicted octanol–water partition coefficient (Wildman–Crippen LogP) is -0.297. The highest BCUT2D eigenvalue weighted by molar-refractivity contribution is 5.85. The molecule has 1 unspecified atom stereocenters. The lowest BCUT2D eigenvalue weighted by molar-refractivity contribution is -0.139. The predicted molar refractivity (Wildman–Crippen MR) is 63.3 cm³/mol. The summed E-state index contributed by atoms with van der Waals surface area (Å²) in [5.74, 6) is -1.60. The molecule has 0 saturated heterocycles. The van der Waals surface area contributed by atoms with E-state index in [1.54, 1.807) is 0 Å². The van der Waals surface area contributed by atoms with Gasteiger partial charge in [-0.05, 0) is 12.8 Å². The molecule has 1 amide bonds. The van der Waals surface area contributed by atoms with E-state index in [9.17, 15) is 14.7 Å². The number of amides is 1. The van der Waals surface area contributed by atoms with Gasteiger partial charge >= 0.3 is 5.97 Å². The fourth-order valence-electron chi connectivity index (χ4n) is 1.47. The van der Waals surface area contributed by atoms with Crippen LogP contribution in [0, 0.1) is 5.41 Å². The highest BCUT2D eigenvalue weighted by Crippen LogP contribution is 2.24. The molecule has 0 aliphatic rings. The molecule has 0 radical (unpaired) electrons. The molecule has 0 saturated carbocycles. The molecule has 0 spiro atoms. The summed E-state index contributed by atoms with van der Waals surface area (Å²) < 4.78 is 0. The number of nitrogens with two attached hydrogens (primary N) is 1. The van der Waals surface area contributed by atoms with E-state index in [0.717, 1.165) is 12.8 Å².